The van der Waals surface area contributed by atoms with Crippen LogP contribution < -0.4 is 10.5 Å². The Labute approximate surface area is 140 Å². The van der Waals surface area contributed by atoms with E-state index in [1.165, 1.54) is 24.4 Å². The van der Waals surface area contributed by atoms with Crippen LogP contribution in [0, 0.1) is 6.92 Å². The highest BCUT2D eigenvalue weighted by Crippen LogP contribution is 2.30. The van der Waals surface area contributed by atoms with E-state index in [2.05, 4.69) is 25.6 Å². The number of nitrogens with one attached hydrogen (secondary N) is 1. The maximum absolute atomic E-state index is 12.5. The average Bonchev–Trinajstić information content (AvgIpc) is 2.37. The smallest absolute Gasteiger partial charge is 0.262 e. The number of nitrogens with two attached hydrogens (primary N) is 1. The Morgan fingerprint density at radius 2 is 1.95 bits per heavy atom. The van der Waals surface area contributed by atoms with Crippen LogP contribution in [0.15, 0.2) is 33.8 Å². The number of benzene rings is 1. The lowest BCUT2D eigenvalue weighted by Crippen LogP contribution is -2.15. The molecule has 0 saturated carbocycles. The molecule has 0 fully saturated rings. The molecule has 1 heterocycles. The summed E-state index contributed by atoms with van der Waals surface area (Å²) in [7, 11) is -3.89. The zero-order valence-corrected chi connectivity index (χ0v) is 14.6. The van der Waals surface area contributed by atoms with Gasteiger partial charge in [-0.05, 0) is 46.6 Å². The lowest BCUT2D eigenvalue weighted by molar-refractivity contribution is 0.600. The van der Waals surface area contributed by atoms with Gasteiger partial charge in [0.25, 0.3) is 10.0 Å². The monoisotopic (exact) mass is 409 g/mol. The van der Waals surface area contributed by atoms with Gasteiger partial charge in [-0.1, -0.05) is 23.2 Å². The molecule has 1 aromatic heterocycles. The number of sulfonamides is 1. The molecule has 21 heavy (non-hydrogen) atoms. The molecule has 3 N–H and O–H groups in total. The summed E-state index contributed by atoms with van der Waals surface area (Å²) in [5, 5.41) is 0.270. The fraction of sp³-hybridized carbons (Fsp3) is 0.0833. The average molecular weight is 411 g/mol. The lowest BCUT2D eigenvalue weighted by atomic mass is 10.2. The first-order valence-electron chi connectivity index (χ1n) is 5.60. The number of pyridine rings is 1. The highest BCUT2D eigenvalue weighted by molar-refractivity contribution is 9.10. The van der Waals surface area contributed by atoms with Crippen molar-refractivity contribution in [1.29, 1.82) is 0 Å². The molecule has 0 aliphatic carbocycles. The molecule has 0 amide bonds. The maximum Gasteiger partial charge on any atom is 0.262 e. The van der Waals surface area contributed by atoms with Gasteiger partial charge in [0.05, 0.1) is 10.6 Å². The molecule has 0 radical (unpaired) electrons. The molecule has 9 heteroatoms. The van der Waals surface area contributed by atoms with E-state index < -0.39 is 10.0 Å². The topological polar surface area (TPSA) is 85.1 Å². The highest BCUT2D eigenvalue weighted by Gasteiger charge is 2.21. The minimum Gasteiger partial charge on any atom is -0.398 e. The summed E-state index contributed by atoms with van der Waals surface area (Å²) in [5.74, 6) is 0. The van der Waals surface area contributed by atoms with Crippen molar-refractivity contribution >= 4 is 60.5 Å². The van der Waals surface area contributed by atoms with Gasteiger partial charge in [0.15, 0.2) is 5.15 Å². The van der Waals surface area contributed by atoms with Crippen molar-refractivity contribution in [2.75, 3.05) is 10.5 Å². The molecule has 5 nitrogen and oxygen atoms in total. The summed E-state index contributed by atoms with van der Waals surface area (Å²) in [6, 6.07) is 4.33. The third-order valence-electron chi connectivity index (χ3n) is 2.70. The first-order chi connectivity index (χ1) is 9.70. The molecule has 2 rings (SSSR count). The van der Waals surface area contributed by atoms with E-state index in [0.717, 1.165) is 0 Å². The Morgan fingerprint density at radius 1 is 1.29 bits per heavy atom. The second kappa shape index (κ2) is 6.00. The van der Waals surface area contributed by atoms with Crippen LogP contribution in [-0.2, 0) is 10.0 Å². The number of hydrogen-bond donors (Lipinski definition) is 2. The van der Waals surface area contributed by atoms with Crippen LogP contribution in [-0.4, -0.2) is 13.4 Å². The summed E-state index contributed by atoms with van der Waals surface area (Å²) in [4.78, 5) is 3.84. The van der Waals surface area contributed by atoms with Gasteiger partial charge in [-0.15, -0.1) is 0 Å². The van der Waals surface area contributed by atoms with Gasteiger partial charge in [0, 0.05) is 21.4 Å². The standard InChI is InChI=1S/C12H10BrCl2N3O2S/c1-6-9(16)3-8(14)4-11(6)21(19,20)18-10-2-7(13)5-17-12(10)15/h2-5,18H,16H2,1H3. The molecule has 0 unspecified atom stereocenters. The van der Waals surface area contributed by atoms with Gasteiger partial charge in [-0.2, -0.15) is 0 Å². The van der Waals surface area contributed by atoms with E-state index in [-0.39, 0.29) is 20.8 Å². The number of hydrogen-bond acceptors (Lipinski definition) is 4. The van der Waals surface area contributed by atoms with Crippen LogP contribution in [0.25, 0.3) is 0 Å². The predicted molar refractivity (Wildman–Crippen MR) is 88.4 cm³/mol. The van der Waals surface area contributed by atoms with Crippen molar-refractivity contribution < 1.29 is 8.42 Å². The molecule has 0 atom stereocenters. The molecular formula is C12H10BrCl2N3O2S. The van der Waals surface area contributed by atoms with Crippen molar-refractivity contribution in [2.24, 2.45) is 0 Å². The van der Waals surface area contributed by atoms with Crippen LogP contribution in [0.1, 0.15) is 5.56 Å². The summed E-state index contributed by atoms with van der Waals surface area (Å²) in [6.07, 6.45) is 1.46. The van der Waals surface area contributed by atoms with Crippen LogP contribution in [0.2, 0.25) is 10.2 Å². The minimum absolute atomic E-state index is 0.0106. The quantitative estimate of drug-likeness (QED) is 0.594. The van der Waals surface area contributed by atoms with E-state index in [0.29, 0.717) is 15.7 Å². The van der Waals surface area contributed by atoms with E-state index in [1.807, 2.05) is 0 Å². The number of anilines is 2. The molecule has 0 aliphatic heterocycles. The van der Waals surface area contributed by atoms with Crippen LogP contribution in [0.4, 0.5) is 11.4 Å². The highest BCUT2D eigenvalue weighted by atomic mass is 79.9. The third-order valence-corrected chi connectivity index (χ3v) is 5.15. The van der Waals surface area contributed by atoms with E-state index in [4.69, 9.17) is 28.9 Å². The second-order valence-corrected chi connectivity index (χ2v) is 7.58. The Balaban J connectivity index is 2.51. The fourth-order valence-electron chi connectivity index (χ4n) is 1.65. The van der Waals surface area contributed by atoms with Gasteiger partial charge >= 0.3 is 0 Å². The summed E-state index contributed by atoms with van der Waals surface area (Å²) >= 11 is 15.0. The molecule has 0 aliphatic rings. The van der Waals surface area contributed by atoms with Gasteiger partial charge in [-0.3, -0.25) is 4.72 Å². The predicted octanol–water partition coefficient (Wildman–Crippen LogP) is 3.84. The molecule has 0 saturated heterocycles. The third kappa shape index (κ3) is 3.60. The van der Waals surface area contributed by atoms with Crippen LogP contribution in [0.5, 0.6) is 0 Å². The van der Waals surface area contributed by atoms with Gasteiger partial charge in [0.1, 0.15) is 0 Å². The van der Waals surface area contributed by atoms with Crippen LogP contribution in [0.3, 0.4) is 0 Å². The zero-order chi connectivity index (χ0) is 15.8. The molecule has 1 aromatic carbocycles. The molecule has 112 valence electrons. The largest absolute Gasteiger partial charge is 0.398 e. The van der Waals surface area contributed by atoms with Gasteiger partial charge in [0.2, 0.25) is 0 Å². The summed E-state index contributed by atoms with van der Waals surface area (Å²) in [5.41, 5.74) is 6.60. The number of nitrogen functional groups attached to an aromatic ring is 1. The zero-order valence-electron chi connectivity index (χ0n) is 10.7. The number of nitrogens with zero attached hydrogens (tertiary/aromatic N) is 1. The Bertz CT molecular complexity index is 812. The maximum atomic E-state index is 12.5. The Hall–Kier alpha value is -1.02. The molecular weight excluding hydrogens is 401 g/mol. The van der Waals surface area contributed by atoms with E-state index >= 15 is 0 Å². The molecule has 2 aromatic rings. The second-order valence-electron chi connectivity index (χ2n) is 4.22. The van der Waals surface area contributed by atoms with E-state index in [1.54, 1.807) is 6.92 Å². The first-order valence-corrected chi connectivity index (χ1v) is 8.63. The first kappa shape index (κ1) is 16.4. The summed E-state index contributed by atoms with van der Waals surface area (Å²) < 4.78 is 27.9. The van der Waals surface area contributed by atoms with Crippen LogP contribution >= 0.6 is 39.1 Å². The van der Waals surface area contributed by atoms with Crippen molar-refractivity contribution in [3.05, 3.63) is 44.6 Å². The SMILES string of the molecule is Cc1c(N)cc(Cl)cc1S(=O)(=O)Nc1cc(Br)cnc1Cl. The van der Waals surface area contributed by atoms with Crippen molar-refractivity contribution in [3.8, 4) is 0 Å². The van der Waals surface area contributed by atoms with Crippen molar-refractivity contribution in [3.63, 3.8) is 0 Å². The Kier molecular flexibility index (Phi) is 4.67. The van der Waals surface area contributed by atoms with E-state index in [9.17, 15) is 8.42 Å². The number of aromatic nitrogens is 1. The van der Waals surface area contributed by atoms with Crippen molar-refractivity contribution in [2.45, 2.75) is 11.8 Å². The molecule has 0 bridgehead atoms. The fourth-order valence-corrected chi connectivity index (χ4v) is 3.83. The Morgan fingerprint density at radius 3 is 2.62 bits per heavy atom. The number of halogens is 3. The summed E-state index contributed by atoms with van der Waals surface area (Å²) in [6.45, 7) is 1.60. The minimum atomic E-state index is -3.89. The van der Waals surface area contributed by atoms with Gasteiger partial charge in [-0.25, -0.2) is 13.4 Å². The lowest BCUT2D eigenvalue weighted by Gasteiger charge is -2.13. The number of rotatable bonds is 3. The van der Waals surface area contributed by atoms with Gasteiger partial charge < -0.3 is 5.73 Å². The molecule has 0 spiro atoms. The normalized spacial score (nSPS) is 11.4. The van der Waals surface area contributed by atoms with Crippen molar-refractivity contribution in [1.82, 2.24) is 4.98 Å².